The Bertz CT molecular complexity index is 847. The van der Waals surface area contributed by atoms with E-state index in [2.05, 4.69) is 0 Å². The van der Waals surface area contributed by atoms with E-state index in [9.17, 15) is 9.59 Å². The zero-order chi connectivity index (χ0) is 21.5. The molecule has 0 saturated heterocycles. The van der Waals surface area contributed by atoms with Gasteiger partial charge in [0.15, 0.2) is 11.5 Å². The van der Waals surface area contributed by atoms with Gasteiger partial charge in [0, 0.05) is 19.5 Å². The van der Waals surface area contributed by atoms with Crippen LogP contribution in [0.1, 0.15) is 44.9 Å². The standard InChI is InChI=1S/C23H30N2O5/c1-4-9-24(22(26)11-17(2)3)15-23(27)25(14-19-6-5-10-28-19)13-18-7-8-20-21(12-18)30-16-29-20/h5-8,10,12,17H,4,9,11,13-16H2,1-3H3. The van der Waals surface area contributed by atoms with E-state index in [4.69, 9.17) is 13.9 Å². The summed E-state index contributed by atoms with van der Waals surface area (Å²) in [6.07, 6.45) is 2.83. The Balaban J connectivity index is 1.74. The second-order valence-electron chi connectivity index (χ2n) is 7.93. The van der Waals surface area contributed by atoms with Gasteiger partial charge >= 0.3 is 0 Å². The van der Waals surface area contributed by atoms with E-state index in [0.29, 0.717) is 43.3 Å². The van der Waals surface area contributed by atoms with Crippen molar-refractivity contribution >= 4 is 11.8 Å². The first-order valence-electron chi connectivity index (χ1n) is 10.4. The molecule has 0 saturated carbocycles. The van der Waals surface area contributed by atoms with Gasteiger partial charge < -0.3 is 23.7 Å². The molecule has 0 bridgehead atoms. The highest BCUT2D eigenvalue weighted by Gasteiger charge is 2.23. The van der Waals surface area contributed by atoms with Gasteiger partial charge in [-0.15, -0.1) is 0 Å². The monoisotopic (exact) mass is 414 g/mol. The van der Waals surface area contributed by atoms with Gasteiger partial charge in [0.25, 0.3) is 0 Å². The smallest absolute Gasteiger partial charge is 0.242 e. The molecule has 0 radical (unpaired) electrons. The third-order valence-corrected chi connectivity index (χ3v) is 4.85. The number of hydrogen-bond donors (Lipinski definition) is 0. The lowest BCUT2D eigenvalue weighted by atomic mass is 10.1. The first-order chi connectivity index (χ1) is 14.5. The second kappa shape index (κ2) is 10.2. The average Bonchev–Trinajstić information content (AvgIpc) is 3.37. The van der Waals surface area contributed by atoms with Crippen LogP contribution in [0.3, 0.4) is 0 Å². The maximum Gasteiger partial charge on any atom is 0.242 e. The number of nitrogens with zero attached hydrogens (tertiary/aromatic N) is 2. The Morgan fingerprint density at radius 1 is 1.03 bits per heavy atom. The normalized spacial score (nSPS) is 12.3. The zero-order valence-corrected chi connectivity index (χ0v) is 17.9. The Hall–Kier alpha value is -2.96. The van der Waals surface area contributed by atoms with Crippen molar-refractivity contribution in [1.29, 1.82) is 0 Å². The first kappa shape index (κ1) is 21.7. The molecule has 0 atom stereocenters. The van der Waals surface area contributed by atoms with E-state index in [1.54, 1.807) is 22.1 Å². The number of carbonyl (C=O) groups excluding carboxylic acids is 2. The van der Waals surface area contributed by atoms with Gasteiger partial charge in [0.1, 0.15) is 5.76 Å². The van der Waals surface area contributed by atoms with Gasteiger partial charge in [-0.2, -0.15) is 0 Å². The summed E-state index contributed by atoms with van der Waals surface area (Å²) in [6.45, 7) is 7.57. The number of amides is 2. The van der Waals surface area contributed by atoms with Gasteiger partial charge in [0.05, 0.1) is 19.4 Å². The van der Waals surface area contributed by atoms with E-state index >= 15 is 0 Å². The van der Waals surface area contributed by atoms with Crippen LogP contribution in [0, 0.1) is 5.92 Å². The molecule has 2 amide bonds. The number of ether oxygens (including phenoxy) is 2. The molecule has 7 nitrogen and oxygen atoms in total. The summed E-state index contributed by atoms with van der Waals surface area (Å²) in [5, 5.41) is 0. The van der Waals surface area contributed by atoms with Crippen molar-refractivity contribution in [2.75, 3.05) is 19.9 Å². The molecule has 0 aliphatic carbocycles. The third-order valence-electron chi connectivity index (χ3n) is 4.85. The lowest BCUT2D eigenvalue weighted by Crippen LogP contribution is -2.43. The predicted octanol–water partition coefficient (Wildman–Crippen LogP) is 3.82. The molecule has 0 fully saturated rings. The molecule has 162 valence electrons. The van der Waals surface area contributed by atoms with E-state index in [0.717, 1.165) is 12.0 Å². The fraction of sp³-hybridized carbons (Fsp3) is 0.478. The molecule has 0 N–H and O–H groups in total. The van der Waals surface area contributed by atoms with Crippen molar-refractivity contribution in [2.45, 2.75) is 46.7 Å². The molecular weight excluding hydrogens is 384 g/mol. The molecule has 7 heteroatoms. The lowest BCUT2D eigenvalue weighted by molar-refractivity contribution is -0.141. The van der Waals surface area contributed by atoms with Crippen molar-refractivity contribution in [2.24, 2.45) is 5.92 Å². The SMILES string of the molecule is CCCN(CC(=O)N(Cc1ccc2c(c1)OCO2)Cc1ccco1)C(=O)CC(C)C. The van der Waals surface area contributed by atoms with E-state index in [1.807, 2.05) is 45.0 Å². The zero-order valence-electron chi connectivity index (χ0n) is 17.9. The Morgan fingerprint density at radius 2 is 1.83 bits per heavy atom. The minimum Gasteiger partial charge on any atom is -0.467 e. The molecule has 1 aliphatic heterocycles. The number of benzene rings is 1. The van der Waals surface area contributed by atoms with Crippen molar-refractivity contribution < 1.29 is 23.5 Å². The van der Waals surface area contributed by atoms with Crippen LogP contribution in [0.2, 0.25) is 0 Å². The quantitative estimate of drug-likeness (QED) is 0.591. The summed E-state index contributed by atoms with van der Waals surface area (Å²) in [7, 11) is 0. The summed E-state index contributed by atoms with van der Waals surface area (Å²) >= 11 is 0. The largest absolute Gasteiger partial charge is 0.467 e. The average molecular weight is 415 g/mol. The Labute approximate surface area is 177 Å². The first-order valence-corrected chi connectivity index (χ1v) is 10.4. The third kappa shape index (κ3) is 5.78. The summed E-state index contributed by atoms with van der Waals surface area (Å²) in [5.74, 6) is 2.23. The second-order valence-corrected chi connectivity index (χ2v) is 7.93. The predicted molar refractivity (Wildman–Crippen MR) is 112 cm³/mol. The maximum atomic E-state index is 13.2. The fourth-order valence-corrected chi connectivity index (χ4v) is 3.39. The highest BCUT2D eigenvalue weighted by atomic mass is 16.7. The van der Waals surface area contributed by atoms with Crippen LogP contribution >= 0.6 is 0 Å². The van der Waals surface area contributed by atoms with Crippen LogP contribution in [0.4, 0.5) is 0 Å². The van der Waals surface area contributed by atoms with E-state index < -0.39 is 0 Å². The molecule has 30 heavy (non-hydrogen) atoms. The molecule has 1 aromatic carbocycles. The molecule has 1 aliphatic rings. The van der Waals surface area contributed by atoms with Crippen LogP contribution in [-0.4, -0.2) is 41.5 Å². The number of rotatable bonds is 10. The Morgan fingerprint density at radius 3 is 2.53 bits per heavy atom. The molecule has 0 spiro atoms. The van der Waals surface area contributed by atoms with Crippen LogP contribution in [0.5, 0.6) is 11.5 Å². The molecular formula is C23H30N2O5. The number of hydrogen-bond acceptors (Lipinski definition) is 5. The topological polar surface area (TPSA) is 72.2 Å². The number of fused-ring (bicyclic) bond motifs is 1. The van der Waals surface area contributed by atoms with Gasteiger partial charge in [-0.25, -0.2) is 0 Å². The molecule has 0 unspecified atom stereocenters. The number of furan rings is 1. The lowest BCUT2D eigenvalue weighted by Gasteiger charge is -2.27. The molecule has 2 aromatic rings. The van der Waals surface area contributed by atoms with E-state index in [-0.39, 0.29) is 31.1 Å². The summed E-state index contributed by atoms with van der Waals surface area (Å²) in [4.78, 5) is 29.2. The van der Waals surface area contributed by atoms with Crippen LogP contribution in [0.25, 0.3) is 0 Å². The molecule has 2 heterocycles. The summed E-state index contributed by atoms with van der Waals surface area (Å²) in [5.41, 5.74) is 0.926. The fourth-order valence-electron chi connectivity index (χ4n) is 3.39. The minimum atomic E-state index is -0.116. The van der Waals surface area contributed by atoms with Crippen molar-refractivity contribution in [3.63, 3.8) is 0 Å². The highest BCUT2D eigenvalue weighted by molar-refractivity contribution is 5.85. The van der Waals surface area contributed by atoms with Gasteiger partial charge in [-0.3, -0.25) is 9.59 Å². The van der Waals surface area contributed by atoms with Crippen molar-refractivity contribution in [3.05, 3.63) is 47.9 Å². The van der Waals surface area contributed by atoms with Gasteiger partial charge in [-0.05, 0) is 42.2 Å². The number of carbonyl (C=O) groups is 2. The minimum absolute atomic E-state index is 0.0150. The van der Waals surface area contributed by atoms with Gasteiger partial charge in [0.2, 0.25) is 18.6 Å². The Kier molecular flexibility index (Phi) is 7.38. The molecule has 1 aromatic heterocycles. The maximum absolute atomic E-state index is 13.2. The highest BCUT2D eigenvalue weighted by Crippen LogP contribution is 2.33. The summed E-state index contributed by atoms with van der Waals surface area (Å²) < 4.78 is 16.3. The van der Waals surface area contributed by atoms with Crippen molar-refractivity contribution in [3.8, 4) is 11.5 Å². The van der Waals surface area contributed by atoms with Crippen LogP contribution < -0.4 is 9.47 Å². The van der Waals surface area contributed by atoms with Crippen LogP contribution in [0.15, 0.2) is 41.0 Å². The van der Waals surface area contributed by atoms with Gasteiger partial charge in [-0.1, -0.05) is 26.8 Å². The summed E-state index contributed by atoms with van der Waals surface area (Å²) in [6, 6.07) is 9.30. The van der Waals surface area contributed by atoms with Crippen molar-refractivity contribution in [1.82, 2.24) is 9.80 Å². The molecule has 3 rings (SSSR count). The van der Waals surface area contributed by atoms with E-state index in [1.165, 1.54) is 0 Å². The van der Waals surface area contributed by atoms with Crippen LogP contribution in [-0.2, 0) is 22.7 Å².